The molecule has 1 saturated heterocycles. The first kappa shape index (κ1) is 15.4. The lowest BCUT2D eigenvalue weighted by atomic mass is 9.87. The molecule has 6 heteroatoms. The van der Waals surface area contributed by atoms with E-state index < -0.39 is 5.92 Å². The molecule has 2 atom stereocenters. The number of amides is 1. The molecule has 21 heavy (non-hydrogen) atoms. The van der Waals surface area contributed by atoms with Gasteiger partial charge in [-0.25, -0.2) is 0 Å². The minimum Gasteiger partial charge on any atom is -0.496 e. The number of methoxy groups -OCH3 is 3. The van der Waals surface area contributed by atoms with Crippen molar-refractivity contribution in [2.45, 2.75) is 5.92 Å². The molecule has 116 valence electrons. The number of likely N-dealkylation sites (tertiary alicyclic amines) is 1. The molecular formula is C15H21NO5. The number of hydrogen-bond donors (Lipinski definition) is 1. The van der Waals surface area contributed by atoms with E-state index in [0.717, 1.165) is 5.56 Å². The first-order valence-corrected chi connectivity index (χ1v) is 6.73. The van der Waals surface area contributed by atoms with Gasteiger partial charge in [0.15, 0.2) is 0 Å². The van der Waals surface area contributed by atoms with Crippen LogP contribution in [0.4, 0.5) is 0 Å². The van der Waals surface area contributed by atoms with Gasteiger partial charge in [-0.15, -0.1) is 0 Å². The summed E-state index contributed by atoms with van der Waals surface area (Å²) in [6, 6.07) is 3.52. The molecule has 0 aromatic heterocycles. The van der Waals surface area contributed by atoms with Gasteiger partial charge in [0.25, 0.3) is 0 Å². The van der Waals surface area contributed by atoms with Gasteiger partial charge < -0.3 is 24.2 Å². The molecule has 2 rings (SSSR count). The molecule has 0 spiro atoms. The van der Waals surface area contributed by atoms with Crippen molar-refractivity contribution in [1.29, 1.82) is 0 Å². The topological polar surface area (TPSA) is 68.2 Å². The number of benzene rings is 1. The Morgan fingerprint density at radius 1 is 1.19 bits per heavy atom. The van der Waals surface area contributed by atoms with Crippen LogP contribution in [0.3, 0.4) is 0 Å². The van der Waals surface area contributed by atoms with Crippen molar-refractivity contribution in [2.75, 3.05) is 41.5 Å². The summed E-state index contributed by atoms with van der Waals surface area (Å²) in [7, 11) is 6.42. The lowest BCUT2D eigenvalue weighted by molar-refractivity contribution is -0.130. The van der Waals surface area contributed by atoms with Crippen molar-refractivity contribution in [1.82, 2.24) is 4.90 Å². The van der Waals surface area contributed by atoms with Gasteiger partial charge in [-0.3, -0.25) is 4.79 Å². The van der Waals surface area contributed by atoms with Crippen molar-refractivity contribution in [3.63, 3.8) is 0 Å². The lowest BCUT2D eigenvalue weighted by Gasteiger charge is -2.21. The standard InChI is InChI=1S/C15H21NO5/c1-16-7-10(11(8-17)15(16)18)14-12(20-3)5-9(19-2)6-13(14)21-4/h5-6,10-11,17H,7-8H2,1-4H3. The van der Waals surface area contributed by atoms with E-state index in [1.165, 1.54) is 0 Å². The summed E-state index contributed by atoms with van der Waals surface area (Å²) < 4.78 is 16.1. The maximum atomic E-state index is 12.1. The molecular weight excluding hydrogens is 274 g/mol. The fourth-order valence-corrected chi connectivity index (χ4v) is 2.86. The number of ether oxygens (including phenoxy) is 3. The molecule has 1 N–H and O–H groups in total. The third kappa shape index (κ3) is 2.63. The molecule has 2 unspecified atom stereocenters. The smallest absolute Gasteiger partial charge is 0.228 e. The van der Waals surface area contributed by atoms with Crippen LogP contribution in [-0.4, -0.2) is 57.4 Å². The number of likely N-dealkylation sites (N-methyl/N-ethyl adjacent to an activating group) is 1. The molecule has 1 fully saturated rings. The summed E-state index contributed by atoms with van der Waals surface area (Å²) in [5.74, 6) is 1.08. The highest BCUT2D eigenvalue weighted by Gasteiger charge is 2.41. The van der Waals surface area contributed by atoms with E-state index >= 15 is 0 Å². The van der Waals surface area contributed by atoms with Gasteiger partial charge >= 0.3 is 0 Å². The SMILES string of the molecule is COc1cc(OC)c(C2CN(C)C(=O)C2CO)c(OC)c1. The third-order valence-corrected chi connectivity index (χ3v) is 3.97. The van der Waals surface area contributed by atoms with Crippen LogP contribution < -0.4 is 14.2 Å². The molecule has 1 aromatic carbocycles. The fraction of sp³-hybridized carbons (Fsp3) is 0.533. The van der Waals surface area contributed by atoms with Gasteiger partial charge in [0.2, 0.25) is 5.91 Å². The second-order valence-electron chi connectivity index (χ2n) is 5.06. The quantitative estimate of drug-likeness (QED) is 0.873. The van der Waals surface area contributed by atoms with Crippen LogP contribution in [0.25, 0.3) is 0 Å². The second-order valence-corrected chi connectivity index (χ2v) is 5.06. The summed E-state index contributed by atoms with van der Waals surface area (Å²) in [6.45, 7) is 0.315. The van der Waals surface area contributed by atoms with Crippen molar-refractivity contribution in [3.05, 3.63) is 17.7 Å². The third-order valence-electron chi connectivity index (χ3n) is 3.97. The summed E-state index contributed by atoms with van der Waals surface area (Å²) in [5.41, 5.74) is 0.789. The molecule has 1 amide bonds. The van der Waals surface area contributed by atoms with Crippen molar-refractivity contribution in [2.24, 2.45) is 5.92 Å². The van der Waals surface area contributed by atoms with Gasteiger partial charge in [0, 0.05) is 37.2 Å². The minimum atomic E-state index is -0.480. The number of rotatable bonds is 5. The van der Waals surface area contributed by atoms with Crippen molar-refractivity contribution >= 4 is 5.91 Å². The lowest BCUT2D eigenvalue weighted by Crippen LogP contribution is -2.24. The van der Waals surface area contributed by atoms with Crippen molar-refractivity contribution < 1.29 is 24.1 Å². The fourth-order valence-electron chi connectivity index (χ4n) is 2.86. The Labute approximate surface area is 124 Å². The largest absolute Gasteiger partial charge is 0.496 e. The Morgan fingerprint density at radius 3 is 2.19 bits per heavy atom. The normalized spacial score (nSPS) is 21.6. The van der Waals surface area contributed by atoms with Crippen LogP contribution in [0.2, 0.25) is 0 Å². The van der Waals surface area contributed by atoms with E-state index in [1.807, 2.05) is 0 Å². The minimum absolute atomic E-state index is 0.0672. The summed E-state index contributed by atoms with van der Waals surface area (Å²) in [6.07, 6.45) is 0. The number of hydrogen-bond acceptors (Lipinski definition) is 5. The molecule has 0 aliphatic carbocycles. The monoisotopic (exact) mass is 295 g/mol. The Balaban J connectivity index is 2.54. The highest BCUT2D eigenvalue weighted by molar-refractivity contribution is 5.83. The molecule has 6 nitrogen and oxygen atoms in total. The van der Waals surface area contributed by atoms with E-state index in [9.17, 15) is 9.90 Å². The van der Waals surface area contributed by atoms with Crippen LogP contribution >= 0.6 is 0 Å². The zero-order chi connectivity index (χ0) is 15.6. The van der Waals surface area contributed by atoms with Crippen LogP contribution in [0.5, 0.6) is 17.2 Å². The maximum absolute atomic E-state index is 12.1. The Hall–Kier alpha value is -1.95. The first-order valence-electron chi connectivity index (χ1n) is 6.73. The van der Waals surface area contributed by atoms with Gasteiger partial charge in [0.05, 0.1) is 33.9 Å². The zero-order valence-electron chi connectivity index (χ0n) is 12.8. The number of carbonyl (C=O) groups is 1. The van der Waals surface area contributed by atoms with Crippen LogP contribution in [0, 0.1) is 5.92 Å². The zero-order valence-corrected chi connectivity index (χ0v) is 12.8. The Kier molecular flexibility index (Phi) is 4.57. The molecule has 0 radical (unpaired) electrons. The van der Waals surface area contributed by atoms with Gasteiger partial charge in [-0.05, 0) is 0 Å². The molecule has 0 bridgehead atoms. The molecule has 0 saturated carbocycles. The maximum Gasteiger partial charge on any atom is 0.228 e. The van der Waals surface area contributed by atoms with Crippen molar-refractivity contribution in [3.8, 4) is 17.2 Å². The number of aliphatic hydroxyl groups excluding tert-OH is 1. The van der Waals surface area contributed by atoms with Gasteiger partial charge in [-0.1, -0.05) is 0 Å². The summed E-state index contributed by atoms with van der Waals surface area (Å²) in [4.78, 5) is 13.7. The summed E-state index contributed by atoms with van der Waals surface area (Å²) >= 11 is 0. The predicted octanol–water partition coefficient (Wildman–Crippen LogP) is 0.876. The van der Waals surface area contributed by atoms with E-state index in [0.29, 0.717) is 23.8 Å². The molecule has 1 heterocycles. The van der Waals surface area contributed by atoms with E-state index in [4.69, 9.17) is 14.2 Å². The van der Waals surface area contributed by atoms with E-state index in [-0.39, 0.29) is 18.4 Å². The highest BCUT2D eigenvalue weighted by Crippen LogP contribution is 2.44. The van der Waals surface area contributed by atoms with Crippen LogP contribution in [-0.2, 0) is 4.79 Å². The number of carbonyl (C=O) groups excluding carboxylic acids is 1. The molecule has 1 aromatic rings. The summed E-state index contributed by atoms with van der Waals surface area (Å²) in [5, 5.41) is 9.56. The van der Waals surface area contributed by atoms with Crippen LogP contribution in [0.15, 0.2) is 12.1 Å². The highest BCUT2D eigenvalue weighted by atomic mass is 16.5. The average molecular weight is 295 g/mol. The predicted molar refractivity (Wildman–Crippen MR) is 77.1 cm³/mol. The van der Waals surface area contributed by atoms with E-state index in [1.54, 1.807) is 45.4 Å². The average Bonchev–Trinajstić information content (AvgIpc) is 2.80. The van der Waals surface area contributed by atoms with Crippen LogP contribution in [0.1, 0.15) is 11.5 Å². The number of nitrogens with zero attached hydrogens (tertiary/aromatic N) is 1. The van der Waals surface area contributed by atoms with E-state index in [2.05, 4.69) is 0 Å². The van der Waals surface area contributed by atoms with Gasteiger partial charge in [-0.2, -0.15) is 0 Å². The Morgan fingerprint density at radius 2 is 1.76 bits per heavy atom. The second kappa shape index (κ2) is 6.22. The molecule has 1 aliphatic rings. The Bertz CT molecular complexity index is 506. The van der Waals surface area contributed by atoms with Gasteiger partial charge in [0.1, 0.15) is 17.2 Å². The first-order chi connectivity index (χ1) is 10.1. The number of aliphatic hydroxyl groups is 1. The molecule has 1 aliphatic heterocycles.